The van der Waals surface area contributed by atoms with Crippen LogP contribution >= 0.6 is 23.8 Å². The normalized spacial score (nSPS) is 13.1. The molecule has 1 heterocycles. The van der Waals surface area contributed by atoms with Crippen molar-refractivity contribution in [2.75, 3.05) is 0 Å². The first-order valence-corrected chi connectivity index (χ1v) is 7.72. The lowest BCUT2D eigenvalue weighted by Gasteiger charge is -2.10. The van der Waals surface area contributed by atoms with Gasteiger partial charge in [0.05, 0.1) is 6.61 Å². The SMILES string of the molecule is OB1OCc2cc(Cl)c(CC(=S)OCc3ccccc3)cc21. The maximum atomic E-state index is 9.75. The third-order valence-electron chi connectivity index (χ3n) is 3.55. The van der Waals surface area contributed by atoms with Crippen LogP contribution < -0.4 is 5.46 Å². The molecule has 1 aliphatic rings. The third-order valence-corrected chi connectivity index (χ3v) is 4.16. The van der Waals surface area contributed by atoms with Crippen molar-refractivity contribution in [3.8, 4) is 0 Å². The van der Waals surface area contributed by atoms with Gasteiger partial charge < -0.3 is 14.4 Å². The van der Waals surface area contributed by atoms with Gasteiger partial charge in [-0.1, -0.05) is 48.0 Å². The zero-order valence-corrected chi connectivity index (χ0v) is 13.4. The van der Waals surface area contributed by atoms with E-state index in [1.165, 1.54) is 0 Å². The van der Waals surface area contributed by atoms with Gasteiger partial charge in [0.15, 0.2) is 5.05 Å². The predicted octanol–water partition coefficient (Wildman–Crippen LogP) is 2.64. The van der Waals surface area contributed by atoms with E-state index in [1.54, 1.807) is 0 Å². The minimum atomic E-state index is -0.884. The standard InChI is InChI=1S/C16H14BClO3S/c18-15-7-13-10-21-17(19)14(13)6-12(15)8-16(22)20-9-11-4-2-1-3-5-11/h1-7,19H,8-10H2. The first kappa shape index (κ1) is 15.5. The highest BCUT2D eigenvalue weighted by atomic mass is 35.5. The van der Waals surface area contributed by atoms with Crippen LogP contribution in [0.1, 0.15) is 16.7 Å². The van der Waals surface area contributed by atoms with Gasteiger partial charge in [0.2, 0.25) is 0 Å². The fourth-order valence-corrected chi connectivity index (χ4v) is 2.84. The number of rotatable bonds is 4. The molecule has 0 amide bonds. The monoisotopic (exact) mass is 332 g/mol. The van der Waals surface area contributed by atoms with Crippen LogP contribution in [0.25, 0.3) is 0 Å². The van der Waals surface area contributed by atoms with E-state index in [4.69, 9.17) is 33.2 Å². The molecule has 0 aliphatic carbocycles. The summed E-state index contributed by atoms with van der Waals surface area (Å²) in [6, 6.07) is 13.5. The maximum absolute atomic E-state index is 9.75. The van der Waals surface area contributed by atoms with Crippen molar-refractivity contribution in [3.63, 3.8) is 0 Å². The molecule has 0 saturated carbocycles. The summed E-state index contributed by atoms with van der Waals surface area (Å²) in [5.74, 6) is 0. The highest BCUT2D eigenvalue weighted by Gasteiger charge is 2.28. The maximum Gasteiger partial charge on any atom is 0.491 e. The molecule has 112 valence electrons. The molecule has 0 bridgehead atoms. The van der Waals surface area contributed by atoms with E-state index in [2.05, 4.69) is 0 Å². The van der Waals surface area contributed by atoms with Gasteiger partial charge in [0.1, 0.15) is 6.61 Å². The first-order valence-electron chi connectivity index (χ1n) is 6.94. The van der Waals surface area contributed by atoms with Crippen molar-refractivity contribution >= 4 is 41.5 Å². The Balaban J connectivity index is 1.65. The van der Waals surface area contributed by atoms with Crippen LogP contribution in [-0.2, 0) is 29.0 Å². The molecule has 0 atom stereocenters. The Bertz CT molecular complexity index is 693. The van der Waals surface area contributed by atoms with Gasteiger partial charge in [-0.2, -0.15) is 0 Å². The van der Waals surface area contributed by atoms with Gasteiger partial charge in [-0.05, 0) is 40.4 Å². The van der Waals surface area contributed by atoms with Crippen LogP contribution in [0.5, 0.6) is 0 Å². The molecule has 0 radical (unpaired) electrons. The molecule has 3 rings (SSSR count). The van der Waals surface area contributed by atoms with Crippen LogP contribution in [0.2, 0.25) is 5.02 Å². The molecule has 0 saturated heterocycles. The average molecular weight is 333 g/mol. The van der Waals surface area contributed by atoms with E-state index >= 15 is 0 Å². The minimum absolute atomic E-state index is 0.380. The van der Waals surface area contributed by atoms with Gasteiger partial charge in [0, 0.05) is 11.4 Å². The number of hydrogen-bond donors (Lipinski definition) is 1. The molecule has 2 aromatic rings. The van der Waals surface area contributed by atoms with Crippen LogP contribution in [-0.4, -0.2) is 17.2 Å². The van der Waals surface area contributed by atoms with Crippen molar-refractivity contribution < 1.29 is 14.4 Å². The lowest BCUT2D eigenvalue weighted by atomic mass is 9.78. The Morgan fingerprint density at radius 3 is 2.86 bits per heavy atom. The van der Waals surface area contributed by atoms with Crippen molar-refractivity contribution in [2.24, 2.45) is 0 Å². The molecular weight excluding hydrogens is 319 g/mol. The smallest absolute Gasteiger partial charge is 0.482 e. The van der Waals surface area contributed by atoms with Crippen LogP contribution in [0.4, 0.5) is 0 Å². The fraction of sp³-hybridized carbons (Fsp3) is 0.188. The number of hydrogen-bond acceptors (Lipinski definition) is 4. The Kier molecular flexibility index (Phi) is 4.79. The summed E-state index contributed by atoms with van der Waals surface area (Å²) in [7, 11) is -0.884. The van der Waals surface area contributed by atoms with E-state index < -0.39 is 7.12 Å². The molecule has 0 aromatic heterocycles. The van der Waals surface area contributed by atoms with Crippen molar-refractivity contribution in [1.29, 1.82) is 0 Å². The van der Waals surface area contributed by atoms with Gasteiger partial charge >= 0.3 is 7.12 Å². The molecule has 3 nitrogen and oxygen atoms in total. The van der Waals surface area contributed by atoms with E-state index in [1.807, 2.05) is 42.5 Å². The highest BCUT2D eigenvalue weighted by molar-refractivity contribution is 7.80. The number of ether oxygens (including phenoxy) is 1. The van der Waals surface area contributed by atoms with Crippen LogP contribution in [0.15, 0.2) is 42.5 Å². The number of fused-ring (bicyclic) bond motifs is 1. The van der Waals surface area contributed by atoms with E-state index in [0.29, 0.717) is 29.7 Å². The third kappa shape index (κ3) is 3.50. The van der Waals surface area contributed by atoms with E-state index in [-0.39, 0.29) is 0 Å². The second-order valence-electron chi connectivity index (χ2n) is 5.13. The Morgan fingerprint density at radius 1 is 1.32 bits per heavy atom. The Morgan fingerprint density at radius 2 is 2.09 bits per heavy atom. The second kappa shape index (κ2) is 6.79. The fourth-order valence-electron chi connectivity index (χ4n) is 2.37. The summed E-state index contributed by atoms with van der Waals surface area (Å²) in [5, 5.41) is 10.8. The lowest BCUT2D eigenvalue weighted by Crippen LogP contribution is -2.28. The minimum Gasteiger partial charge on any atom is -0.482 e. The Hall–Kier alpha value is -1.40. The summed E-state index contributed by atoms with van der Waals surface area (Å²) < 4.78 is 10.8. The van der Waals surface area contributed by atoms with Crippen molar-refractivity contribution in [1.82, 2.24) is 0 Å². The Labute approximate surface area is 140 Å². The second-order valence-corrected chi connectivity index (χ2v) is 5.99. The number of halogens is 1. The molecule has 6 heteroatoms. The summed E-state index contributed by atoms with van der Waals surface area (Å²) in [4.78, 5) is 0. The van der Waals surface area contributed by atoms with Crippen molar-refractivity contribution in [2.45, 2.75) is 19.6 Å². The van der Waals surface area contributed by atoms with Gasteiger partial charge in [-0.25, -0.2) is 0 Å². The average Bonchev–Trinajstić information content (AvgIpc) is 2.87. The van der Waals surface area contributed by atoms with Gasteiger partial charge in [0.25, 0.3) is 0 Å². The molecule has 22 heavy (non-hydrogen) atoms. The number of benzene rings is 2. The molecular formula is C16H14BClO3S. The topological polar surface area (TPSA) is 38.7 Å². The zero-order chi connectivity index (χ0) is 15.5. The summed E-state index contributed by atoms with van der Waals surface area (Å²) in [6.07, 6.45) is 0.432. The lowest BCUT2D eigenvalue weighted by molar-refractivity contribution is 0.275. The molecule has 0 spiro atoms. The van der Waals surface area contributed by atoms with Crippen LogP contribution in [0.3, 0.4) is 0 Å². The number of thiocarbonyl (C=S) groups is 1. The predicted molar refractivity (Wildman–Crippen MR) is 91.4 cm³/mol. The molecule has 0 unspecified atom stereocenters. The van der Waals surface area contributed by atoms with E-state index in [0.717, 1.165) is 22.2 Å². The highest BCUT2D eigenvalue weighted by Crippen LogP contribution is 2.22. The molecule has 1 aliphatic heterocycles. The zero-order valence-electron chi connectivity index (χ0n) is 11.8. The first-order chi connectivity index (χ1) is 10.6. The van der Waals surface area contributed by atoms with Crippen molar-refractivity contribution in [3.05, 3.63) is 64.2 Å². The largest absolute Gasteiger partial charge is 0.491 e. The summed E-state index contributed by atoms with van der Waals surface area (Å²) >= 11 is 11.5. The molecule has 1 N–H and O–H groups in total. The molecule has 2 aromatic carbocycles. The quantitative estimate of drug-likeness (QED) is 0.690. The van der Waals surface area contributed by atoms with Gasteiger partial charge in [-0.15, -0.1) is 0 Å². The molecule has 0 fully saturated rings. The van der Waals surface area contributed by atoms with E-state index in [9.17, 15) is 5.02 Å². The van der Waals surface area contributed by atoms with Crippen LogP contribution in [0, 0.1) is 0 Å². The summed E-state index contributed by atoms with van der Waals surface area (Å²) in [6.45, 7) is 0.819. The summed E-state index contributed by atoms with van der Waals surface area (Å²) in [5.41, 5.74) is 3.57. The van der Waals surface area contributed by atoms with Gasteiger partial charge in [-0.3, -0.25) is 0 Å².